The molecule has 0 aliphatic carbocycles. The summed E-state index contributed by atoms with van der Waals surface area (Å²) >= 11 is 11.6. The number of benzene rings is 1. The summed E-state index contributed by atoms with van der Waals surface area (Å²) in [5, 5.41) is 9.59. The maximum absolute atomic E-state index is 11.1. The second kappa shape index (κ2) is 6.03. The van der Waals surface area contributed by atoms with Crippen molar-refractivity contribution in [3.05, 3.63) is 33.8 Å². The molecule has 1 aromatic carbocycles. The predicted molar refractivity (Wildman–Crippen MR) is 66.8 cm³/mol. The summed E-state index contributed by atoms with van der Waals surface area (Å²) in [5.74, 6) is -1.36. The highest BCUT2D eigenvalue weighted by Gasteiger charge is 2.18. The lowest BCUT2D eigenvalue weighted by atomic mass is 9.91. The first kappa shape index (κ1) is 14.0. The molecule has 92 valence electrons. The Morgan fingerprint density at radius 2 is 1.88 bits per heavy atom. The van der Waals surface area contributed by atoms with Crippen LogP contribution in [0.1, 0.15) is 31.2 Å². The third-order valence-corrected chi connectivity index (χ3v) is 3.11. The van der Waals surface area contributed by atoms with Gasteiger partial charge < -0.3 is 9.90 Å². The third kappa shape index (κ3) is 4.36. The number of halogens is 2. The third-order valence-electron chi connectivity index (χ3n) is 2.37. The van der Waals surface area contributed by atoms with Crippen LogP contribution in [0, 0.1) is 0 Å². The normalized spacial score (nSPS) is 12.2. The Hall–Kier alpha value is -1.06. The Morgan fingerprint density at radius 1 is 1.24 bits per heavy atom. The Balaban J connectivity index is 2.98. The van der Waals surface area contributed by atoms with Crippen molar-refractivity contribution in [1.29, 1.82) is 0 Å². The number of ketones is 1. The largest absolute Gasteiger partial charge is 0.481 e. The molecule has 0 bridgehead atoms. The lowest BCUT2D eigenvalue weighted by Crippen LogP contribution is -2.10. The van der Waals surface area contributed by atoms with Gasteiger partial charge in [-0.05, 0) is 24.6 Å². The van der Waals surface area contributed by atoms with E-state index in [4.69, 9.17) is 28.3 Å². The van der Waals surface area contributed by atoms with Crippen LogP contribution in [0.5, 0.6) is 0 Å². The summed E-state index contributed by atoms with van der Waals surface area (Å²) in [6.45, 7) is 1.44. The molecule has 0 amide bonds. The Morgan fingerprint density at radius 3 is 2.35 bits per heavy atom. The predicted octanol–water partition coefficient (Wildman–Crippen LogP) is 3.53. The van der Waals surface area contributed by atoms with Gasteiger partial charge in [-0.25, -0.2) is 0 Å². The SMILES string of the molecule is CC(=O)CC(CC(=O)O)c1ccc(Cl)c(Cl)c1. The quantitative estimate of drug-likeness (QED) is 0.894. The second-order valence-corrected chi connectivity index (χ2v) is 4.69. The van der Waals surface area contributed by atoms with E-state index in [1.165, 1.54) is 6.92 Å². The molecule has 0 saturated carbocycles. The fraction of sp³-hybridized carbons (Fsp3) is 0.333. The van der Waals surface area contributed by atoms with Gasteiger partial charge >= 0.3 is 5.97 Å². The van der Waals surface area contributed by atoms with Gasteiger partial charge in [0.25, 0.3) is 0 Å². The topological polar surface area (TPSA) is 54.4 Å². The van der Waals surface area contributed by atoms with Gasteiger partial charge in [-0.1, -0.05) is 29.3 Å². The van der Waals surface area contributed by atoms with Crippen LogP contribution in [-0.2, 0) is 9.59 Å². The highest BCUT2D eigenvalue weighted by atomic mass is 35.5. The van der Waals surface area contributed by atoms with Gasteiger partial charge in [-0.2, -0.15) is 0 Å². The van der Waals surface area contributed by atoms with E-state index >= 15 is 0 Å². The lowest BCUT2D eigenvalue weighted by Gasteiger charge is -2.14. The summed E-state index contributed by atoms with van der Waals surface area (Å²) in [6.07, 6.45) is 0.0851. The van der Waals surface area contributed by atoms with Crippen molar-refractivity contribution >= 4 is 35.0 Å². The summed E-state index contributed by atoms with van der Waals surface area (Å²) < 4.78 is 0. The number of Topliss-reactive ketones (excluding diaryl/α,β-unsaturated/α-hetero) is 1. The van der Waals surface area contributed by atoms with Crippen LogP contribution in [0.3, 0.4) is 0 Å². The minimum absolute atomic E-state index is 0.0534. The first-order valence-corrected chi connectivity index (χ1v) is 5.82. The number of carboxylic acid groups (broad SMARTS) is 1. The number of aliphatic carboxylic acids is 1. The van der Waals surface area contributed by atoms with Crippen LogP contribution in [0.15, 0.2) is 18.2 Å². The first-order chi connectivity index (χ1) is 7.90. The van der Waals surface area contributed by atoms with E-state index in [9.17, 15) is 9.59 Å². The molecular formula is C12H12Cl2O3. The van der Waals surface area contributed by atoms with Crippen molar-refractivity contribution in [2.45, 2.75) is 25.7 Å². The lowest BCUT2D eigenvalue weighted by molar-refractivity contribution is -0.137. The van der Waals surface area contributed by atoms with Crippen molar-refractivity contribution in [2.75, 3.05) is 0 Å². The monoisotopic (exact) mass is 274 g/mol. The van der Waals surface area contributed by atoms with Crippen LogP contribution >= 0.6 is 23.2 Å². The second-order valence-electron chi connectivity index (χ2n) is 3.87. The molecule has 0 aromatic heterocycles. The van der Waals surface area contributed by atoms with E-state index in [1.54, 1.807) is 18.2 Å². The number of carbonyl (C=O) groups is 2. The molecular weight excluding hydrogens is 263 g/mol. The molecule has 1 unspecified atom stereocenters. The molecule has 0 spiro atoms. The van der Waals surface area contributed by atoms with E-state index in [0.717, 1.165) is 5.56 Å². The molecule has 5 heteroatoms. The van der Waals surface area contributed by atoms with Gasteiger partial charge in [-0.3, -0.25) is 4.79 Å². The summed E-state index contributed by atoms with van der Waals surface area (Å²) in [6, 6.07) is 4.92. The van der Waals surface area contributed by atoms with Gasteiger partial charge in [0.1, 0.15) is 5.78 Å². The van der Waals surface area contributed by atoms with Crippen molar-refractivity contribution in [3.63, 3.8) is 0 Å². The molecule has 0 saturated heterocycles. The average Bonchev–Trinajstić information content (AvgIpc) is 2.19. The van der Waals surface area contributed by atoms with E-state index in [1.807, 2.05) is 0 Å². The van der Waals surface area contributed by atoms with Gasteiger partial charge in [0, 0.05) is 12.3 Å². The van der Waals surface area contributed by atoms with Crippen molar-refractivity contribution in [2.24, 2.45) is 0 Å². The average molecular weight is 275 g/mol. The van der Waals surface area contributed by atoms with Crippen molar-refractivity contribution in [3.8, 4) is 0 Å². The van der Waals surface area contributed by atoms with Crippen molar-refractivity contribution in [1.82, 2.24) is 0 Å². The smallest absolute Gasteiger partial charge is 0.303 e. The maximum atomic E-state index is 11.1. The van der Waals surface area contributed by atoms with Gasteiger partial charge in [0.15, 0.2) is 0 Å². The molecule has 3 nitrogen and oxygen atoms in total. The molecule has 1 aromatic rings. The van der Waals surface area contributed by atoms with Crippen LogP contribution in [-0.4, -0.2) is 16.9 Å². The fourth-order valence-electron chi connectivity index (χ4n) is 1.63. The number of carbonyl (C=O) groups excluding carboxylic acids is 1. The van der Waals surface area contributed by atoms with E-state index in [-0.39, 0.29) is 24.5 Å². The van der Waals surface area contributed by atoms with E-state index in [2.05, 4.69) is 0 Å². The van der Waals surface area contributed by atoms with Crippen LogP contribution in [0.25, 0.3) is 0 Å². The minimum atomic E-state index is -0.942. The Kier molecular flexibility index (Phi) is 4.97. The highest BCUT2D eigenvalue weighted by Crippen LogP contribution is 2.30. The van der Waals surface area contributed by atoms with E-state index in [0.29, 0.717) is 10.0 Å². The standard InChI is InChI=1S/C12H12Cl2O3/c1-7(15)4-9(6-12(16)17)8-2-3-10(13)11(14)5-8/h2-3,5,9H,4,6H2,1H3,(H,16,17). The number of rotatable bonds is 5. The maximum Gasteiger partial charge on any atom is 0.303 e. The zero-order valence-corrected chi connectivity index (χ0v) is 10.8. The summed E-state index contributed by atoms with van der Waals surface area (Å²) in [4.78, 5) is 21.9. The Labute approximate surface area is 109 Å². The van der Waals surface area contributed by atoms with Crippen LogP contribution in [0.2, 0.25) is 10.0 Å². The molecule has 1 rings (SSSR count). The zero-order chi connectivity index (χ0) is 13.0. The Bertz CT molecular complexity index is 427. The fourth-order valence-corrected chi connectivity index (χ4v) is 1.94. The molecule has 0 fully saturated rings. The minimum Gasteiger partial charge on any atom is -0.481 e. The first-order valence-electron chi connectivity index (χ1n) is 5.06. The molecule has 1 atom stereocenters. The van der Waals surface area contributed by atoms with Gasteiger partial charge in [-0.15, -0.1) is 0 Å². The van der Waals surface area contributed by atoms with Crippen LogP contribution in [0.4, 0.5) is 0 Å². The molecule has 0 radical (unpaired) electrons. The number of carboxylic acids is 1. The molecule has 0 heterocycles. The van der Waals surface area contributed by atoms with Gasteiger partial charge in [0.2, 0.25) is 0 Å². The zero-order valence-electron chi connectivity index (χ0n) is 9.24. The van der Waals surface area contributed by atoms with Gasteiger partial charge in [0.05, 0.1) is 16.5 Å². The van der Waals surface area contributed by atoms with Crippen molar-refractivity contribution < 1.29 is 14.7 Å². The highest BCUT2D eigenvalue weighted by molar-refractivity contribution is 6.42. The summed E-state index contributed by atoms with van der Waals surface area (Å²) in [5.41, 5.74) is 0.719. The molecule has 0 aliphatic heterocycles. The number of hydrogen-bond donors (Lipinski definition) is 1. The molecule has 17 heavy (non-hydrogen) atoms. The van der Waals surface area contributed by atoms with E-state index < -0.39 is 5.97 Å². The molecule has 0 aliphatic rings. The summed E-state index contributed by atoms with van der Waals surface area (Å²) in [7, 11) is 0. The van der Waals surface area contributed by atoms with Crippen LogP contribution < -0.4 is 0 Å². The molecule has 1 N–H and O–H groups in total. The number of hydrogen-bond acceptors (Lipinski definition) is 2.